The Bertz CT molecular complexity index is 936. The van der Waals surface area contributed by atoms with Gasteiger partial charge in [0.05, 0.1) is 5.41 Å². The number of nitrogens with zero attached hydrogens (tertiary/aromatic N) is 2. The summed E-state index contributed by atoms with van der Waals surface area (Å²) in [5.74, 6) is -0.151. The van der Waals surface area contributed by atoms with Crippen LogP contribution in [-0.2, 0) is 10.2 Å². The molecule has 0 atom stereocenters. The summed E-state index contributed by atoms with van der Waals surface area (Å²) in [6.07, 6.45) is 3.18. The highest BCUT2D eigenvalue weighted by atomic mass is 19.1. The number of anilines is 1. The van der Waals surface area contributed by atoms with Crippen LogP contribution < -0.4 is 10.9 Å². The number of halogens is 1. The van der Waals surface area contributed by atoms with Crippen LogP contribution in [0.5, 0.6) is 0 Å². The molecular weight excluding hydrogens is 347 g/mol. The lowest BCUT2D eigenvalue weighted by Crippen LogP contribution is -2.45. The van der Waals surface area contributed by atoms with Crippen molar-refractivity contribution in [2.75, 3.05) is 5.43 Å². The molecule has 27 heavy (non-hydrogen) atoms. The van der Waals surface area contributed by atoms with E-state index in [9.17, 15) is 9.18 Å². The molecule has 0 unspecified atom stereocenters. The van der Waals surface area contributed by atoms with Crippen molar-refractivity contribution in [3.8, 4) is 11.4 Å². The highest BCUT2D eigenvalue weighted by Gasteiger charge is 2.43. The first-order chi connectivity index (χ1) is 13.2. The lowest BCUT2D eigenvalue weighted by molar-refractivity contribution is -0.126. The summed E-state index contributed by atoms with van der Waals surface area (Å²) in [7, 11) is 0. The predicted octanol–water partition coefficient (Wildman–Crippen LogP) is 3.83. The monoisotopic (exact) mass is 366 g/mol. The molecule has 1 aromatic heterocycles. The van der Waals surface area contributed by atoms with E-state index in [0.717, 1.165) is 18.4 Å². The van der Waals surface area contributed by atoms with Crippen molar-refractivity contribution >= 4 is 11.9 Å². The van der Waals surface area contributed by atoms with Crippen molar-refractivity contribution in [1.82, 2.24) is 15.6 Å². The van der Waals surface area contributed by atoms with Gasteiger partial charge in [0, 0.05) is 5.56 Å². The smallest absolute Gasteiger partial charge is 0.313 e. The van der Waals surface area contributed by atoms with Crippen molar-refractivity contribution < 1.29 is 13.7 Å². The molecule has 0 saturated heterocycles. The maximum Gasteiger partial charge on any atom is 0.340 e. The average Bonchev–Trinajstić information content (AvgIpc) is 3.37. The maximum atomic E-state index is 13.7. The van der Waals surface area contributed by atoms with Crippen molar-refractivity contribution in [3.05, 3.63) is 66.0 Å². The molecule has 7 heteroatoms. The Hall–Kier alpha value is -3.22. The Labute approximate surface area is 155 Å². The lowest BCUT2D eigenvalue weighted by Gasteiger charge is -2.28. The minimum absolute atomic E-state index is 0.0922. The Morgan fingerprint density at radius 3 is 2.59 bits per heavy atom. The molecule has 4 rings (SSSR count). The van der Waals surface area contributed by atoms with Crippen LogP contribution in [0.2, 0.25) is 0 Å². The zero-order valence-electron chi connectivity index (χ0n) is 14.6. The highest BCUT2D eigenvalue weighted by molar-refractivity contribution is 5.89. The Morgan fingerprint density at radius 2 is 1.85 bits per heavy atom. The molecular formula is C20H19FN4O2. The number of amides is 1. The molecule has 0 radical (unpaired) electrons. The largest absolute Gasteiger partial charge is 0.340 e. The van der Waals surface area contributed by atoms with Crippen molar-refractivity contribution in [3.63, 3.8) is 0 Å². The number of aromatic nitrogens is 2. The second-order valence-corrected chi connectivity index (χ2v) is 6.67. The quantitative estimate of drug-likeness (QED) is 0.671. The summed E-state index contributed by atoms with van der Waals surface area (Å²) in [5, 5.41) is 3.90. The van der Waals surface area contributed by atoms with Crippen LogP contribution in [-0.4, -0.2) is 16.0 Å². The zero-order chi connectivity index (χ0) is 18.7. The highest BCUT2D eigenvalue weighted by Crippen LogP contribution is 2.41. The average molecular weight is 366 g/mol. The van der Waals surface area contributed by atoms with Crippen molar-refractivity contribution in [2.45, 2.75) is 31.1 Å². The van der Waals surface area contributed by atoms with Gasteiger partial charge >= 0.3 is 6.01 Å². The number of benzene rings is 2. The Kier molecular flexibility index (Phi) is 4.58. The van der Waals surface area contributed by atoms with Gasteiger partial charge < -0.3 is 4.52 Å². The Balaban J connectivity index is 1.49. The van der Waals surface area contributed by atoms with Crippen LogP contribution in [0.4, 0.5) is 10.4 Å². The minimum Gasteiger partial charge on any atom is -0.313 e. The summed E-state index contributed by atoms with van der Waals surface area (Å²) in [5.41, 5.74) is 6.09. The molecule has 3 aromatic rings. The van der Waals surface area contributed by atoms with Crippen LogP contribution in [0.1, 0.15) is 31.2 Å². The van der Waals surface area contributed by atoms with Gasteiger partial charge in [-0.3, -0.25) is 10.2 Å². The second-order valence-electron chi connectivity index (χ2n) is 6.67. The first-order valence-corrected chi connectivity index (χ1v) is 8.89. The summed E-state index contributed by atoms with van der Waals surface area (Å²) in [4.78, 5) is 17.2. The summed E-state index contributed by atoms with van der Waals surface area (Å²) >= 11 is 0. The molecule has 1 aliphatic rings. The fourth-order valence-electron chi connectivity index (χ4n) is 3.62. The molecule has 1 saturated carbocycles. The van der Waals surface area contributed by atoms with Gasteiger partial charge in [-0.05, 0) is 30.5 Å². The van der Waals surface area contributed by atoms with Gasteiger partial charge in [0.2, 0.25) is 11.7 Å². The summed E-state index contributed by atoms with van der Waals surface area (Å²) in [6, 6.07) is 15.7. The van der Waals surface area contributed by atoms with E-state index in [4.69, 9.17) is 4.52 Å². The number of hydrazine groups is 1. The number of carbonyl (C=O) groups excluding carboxylic acids is 1. The number of hydrogen-bond acceptors (Lipinski definition) is 5. The van der Waals surface area contributed by atoms with E-state index in [1.54, 1.807) is 12.1 Å². The van der Waals surface area contributed by atoms with E-state index in [0.29, 0.717) is 24.2 Å². The minimum atomic E-state index is -0.753. The van der Waals surface area contributed by atoms with Gasteiger partial charge in [0.25, 0.3) is 0 Å². The number of nitrogens with one attached hydrogen (secondary N) is 2. The molecule has 2 N–H and O–H groups in total. The van der Waals surface area contributed by atoms with Gasteiger partial charge in [-0.1, -0.05) is 60.5 Å². The molecule has 1 aliphatic carbocycles. The molecule has 1 amide bonds. The van der Waals surface area contributed by atoms with E-state index in [1.165, 1.54) is 12.1 Å². The van der Waals surface area contributed by atoms with E-state index >= 15 is 0 Å². The van der Waals surface area contributed by atoms with Gasteiger partial charge in [0.15, 0.2) is 0 Å². The fourth-order valence-corrected chi connectivity index (χ4v) is 3.62. The van der Waals surface area contributed by atoms with Gasteiger partial charge in [0.1, 0.15) is 5.82 Å². The van der Waals surface area contributed by atoms with Gasteiger partial charge in [-0.25, -0.2) is 9.82 Å². The van der Waals surface area contributed by atoms with Crippen molar-refractivity contribution in [1.29, 1.82) is 0 Å². The first-order valence-electron chi connectivity index (χ1n) is 8.89. The van der Waals surface area contributed by atoms with E-state index in [-0.39, 0.29) is 17.7 Å². The predicted molar refractivity (Wildman–Crippen MR) is 98.0 cm³/mol. The molecule has 138 valence electrons. The SMILES string of the molecule is O=C(NNc1nc(-c2ccccc2)no1)C1(c2cccc(F)c2)CCCC1. The summed E-state index contributed by atoms with van der Waals surface area (Å²) in [6.45, 7) is 0. The van der Waals surface area contributed by atoms with Crippen LogP contribution in [0, 0.1) is 5.82 Å². The molecule has 2 aromatic carbocycles. The number of rotatable bonds is 5. The fraction of sp³-hybridized carbons (Fsp3) is 0.250. The zero-order valence-corrected chi connectivity index (χ0v) is 14.6. The normalized spacial score (nSPS) is 15.4. The maximum absolute atomic E-state index is 13.7. The van der Waals surface area contributed by atoms with Crippen LogP contribution in [0.25, 0.3) is 11.4 Å². The molecule has 1 fully saturated rings. The van der Waals surface area contributed by atoms with Gasteiger partial charge in [-0.15, -0.1) is 0 Å². The molecule has 6 nitrogen and oxygen atoms in total. The lowest BCUT2D eigenvalue weighted by atomic mass is 9.78. The first kappa shape index (κ1) is 17.2. The topological polar surface area (TPSA) is 80.0 Å². The van der Waals surface area contributed by atoms with Gasteiger partial charge in [-0.2, -0.15) is 4.98 Å². The number of carbonyl (C=O) groups is 1. The van der Waals surface area contributed by atoms with E-state index in [1.807, 2.05) is 30.3 Å². The van der Waals surface area contributed by atoms with Crippen LogP contribution in [0.3, 0.4) is 0 Å². The second kappa shape index (κ2) is 7.19. The molecule has 0 spiro atoms. The molecule has 0 aliphatic heterocycles. The number of hydrogen-bond donors (Lipinski definition) is 2. The van der Waals surface area contributed by atoms with Crippen molar-refractivity contribution in [2.24, 2.45) is 0 Å². The third-order valence-corrected chi connectivity index (χ3v) is 5.01. The summed E-state index contributed by atoms with van der Waals surface area (Å²) < 4.78 is 18.8. The molecule has 1 heterocycles. The Morgan fingerprint density at radius 1 is 1.07 bits per heavy atom. The standard InChI is InChI=1S/C20H19FN4O2/c21-16-10-6-9-15(13-16)20(11-4-5-12-20)18(26)23-24-19-22-17(25-27-19)14-7-2-1-3-8-14/h1-3,6-10,13H,4-5,11-12H2,(H,23,26)(H,22,24,25). The molecule has 0 bridgehead atoms. The third kappa shape index (κ3) is 3.40. The van der Waals surface area contributed by atoms with Crippen LogP contribution in [0.15, 0.2) is 59.1 Å². The van der Waals surface area contributed by atoms with E-state index < -0.39 is 5.41 Å². The van der Waals surface area contributed by atoms with E-state index in [2.05, 4.69) is 21.0 Å². The third-order valence-electron chi connectivity index (χ3n) is 5.01. The van der Waals surface area contributed by atoms with Crippen LogP contribution >= 0.6 is 0 Å².